The fraction of sp³-hybridized carbons (Fsp3) is 0.871. The molecule has 196 valence electrons. The van der Waals surface area contributed by atoms with Crippen molar-refractivity contribution >= 4 is 11.8 Å². The van der Waals surface area contributed by atoms with Gasteiger partial charge in [-0.05, 0) is 91.3 Å². The number of hydrogen-bond acceptors (Lipinski definition) is 4. The number of rotatable bonds is 2. The van der Waals surface area contributed by atoms with Crippen LogP contribution in [-0.4, -0.2) is 30.6 Å². The topological polar surface area (TPSA) is 63.6 Å². The molecular formula is C31H48O4. The summed E-state index contributed by atoms with van der Waals surface area (Å²) in [5.41, 5.74) is 1.36. The van der Waals surface area contributed by atoms with Crippen LogP contribution in [0.3, 0.4) is 0 Å². The first-order chi connectivity index (χ1) is 16.3. The van der Waals surface area contributed by atoms with Gasteiger partial charge in [0.15, 0.2) is 0 Å². The van der Waals surface area contributed by atoms with E-state index in [9.17, 15) is 14.7 Å². The van der Waals surface area contributed by atoms with Gasteiger partial charge >= 0.3 is 5.97 Å². The summed E-state index contributed by atoms with van der Waals surface area (Å²) in [4.78, 5) is 25.8. The Bertz CT molecular complexity index is 946. The number of aliphatic hydroxyl groups excluding tert-OH is 1. The van der Waals surface area contributed by atoms with E-state index < -0.39 is 0 Å². The van der Waals surface area contributed by atoms with Gasteiger partial charge in [-0.25, -0.2) is 0 Å². The molecule has 4 fully saturated rings. The van der Waals surface area contributed by atoms with Crippen LogP contribution in [0.2, 0.25) is 0 Å². The van der Waals surface area contributed by atoms with Gasteiger partial charge in [-0.2, -0.15) is 0 Å². The Morgan fingerprint density at radius 2 is 1.74 bits per heavy atom. The summed E-state index contributed by atoms with van der Waals surface area (Å²) >= 11 is 0. The van der Waals surface area contributed by atoms with Crippen LogP contribution in [0.5, 0.6) is 0 Å². The van der Waals surface area contributed by atoms with Gasteiger partial charge < -0.3 is 9.84 Å². The molecule has 0 heterocycles. The normalized spacial score (nSPS) is 47.9. The van der Waals surface area contributed by atoms with E-state index in [4.69, 9.17) is 4.74 Å². The summed E-state index contributed by atoms with van der Waals surface area (Å²) in [6.07, 6.45) is 11.4. The number of ether oxygens (including phenoxy) is 1. The van der Waals surface area contributed by atoms with Crippen LogP contribution in [0, 0.1) is 56.7 Å². The lowest BCUT2D eigenvalue weighted by atomic mass is 9.34. The molecule has 4 unspecified atom stereocenters. The Kier molecular flexibility index (Phi) is 5.77. The van der Waals surface area contributed by atoms with E-state index in [0.29, 0.717) is 30.0 Å². The molecular weight excluding hydrogens is 436 g/mol. The lowest BCUT2D eigenvalue weighted by Crippen LogP contribution is -2.65. The van der Waals surface area contributed by atoms with Crippen molar-refractivity contribution in [3.8, 4) is 0 Å². The van der Waals surface area contributed by atoms with Crippen LogP contribution in [-0.2, 0) is 14.3 Å². The van der Waals surface area contributed by atoms with Crippen LogP contribution >= 0.6 is 0 Å². The molecule has 0 aliphatic heterocycles. The zero-order valence-electron chi connectivity index (χ0n) is 23.2. The lowest BCUT2D eigenvalue weighted by Gasteiger charge is -2.70. The molecule has 5 aliphatic carbocycles. The van der Waals surface area contributed by atoms with Gasteiger partial charge in [-0.1, -0.05) is 53.2 Å². The molecule has 0 amide bonds. The maximum atomic E-state index is 13.0. The van der Waals surface area contributed by atoms with Crippen molar-refractivity contribution in [2.75, 3.05) is 13.7 Å². The number of Topliss-reactive ketones (excluding diaryl/α,β-unsaturated/α-hetero) is 1. The van der Waals surface area contributed by atoms with Crippen LogP contribution < -0.4 is 0 Å². The Hall–Kier alpha value is -1.16. The molecule has 4 saturated carbocycles. The quantitative estimate of drug-likeness (QED) is 0.366. The van der Waals surface area contributed by atoms with Gasteiger partial charge in [0.05, 0.1) is 13.0 Å². The molecule has 0 bridgehead atoms. The van der Waals surface area contributed by atoms with Crippen molar-refractivity contribution in [2.45, 2.75) is 99.3 Å². The Morgan fingerprint density at radius 1 is 1.03 bits per heavy atom. The molecule has 0 aromatic heterocycles. The first kappa shape index (κ1) is 25.5. The fourth-order valence-electron chi connectivity index (χ4n) is 10.8. The van der Waals surface area contributed by atoms with E-state index in [-0.39, 0.29) is 51.5 Å². The van der Waals surface area contributed by atoms with Crippen LogP contribution in [0.15, 0.2) is 11.6 Å². The summed E-state index contributed by atoms with van der Waals surface area (Å²) < 4.78 is 5.30. The van der Waals surface area contributed by atoms with Gasteiger partial charge in [0.2, 0.25) is 0 Å². The Morgan fingerprint density at radius 3 is 2.40 bits per heavy atom. The van der Waals surface area contributed by atoms with Crippen LogP contribution in [0.25, 0.3) is 0 Å². The minimum atomic E-state index is -0.355. The second-order valence-electron chi connectivity index (χ2n) is 14.8. The number of aliphatic hydroxyl groups is 1. The average Bonchev–Trinajstić information content (AvgIpc) is 2.80. The maximum absolute atomic E-state index is 13.0. The highest BCUT2D eigenvalue weighted by atomic mass is 16.5. The van der Waals surface area contributed by atoms with E-state index in [1.165, 1.54) is 0 Å². The van der Waals surface area contributed by atoms with Gasteiger partial charge in [-0.15, -0.1) is 0 Å². The highest BCUT2D eigenvalue weighted by Gasteiger charge is 2.68. The summed E-state index contributed by atoms with van der Waals surface area (Å²) in [5.74, 6) is 1.82. The van der Waals surface area contributed by atoms with Crippen molar-refractivity contribution < 1.29 is 19.4 Å². The van der Waals surface area contributed by atoms with Crippen molar-refractivity contribution in [1.82, 2.24) is 0 Å². The predicted octanol–water partition coefficient (Wildman–Crippen LogP) is 6.36. The van der Waals surface area contributed by atoms with Crippen molar-refractivity contribution in [2.24, 2.45) is 56.7 Å². The standard InChI is InChI=1S/C31H48O4/c1-27(2)16-20-19(21(17-27)26(34)35-7)10-13-29(5)22(20)8-9-24-30(29,6)14-11-23-28(3,4)25(33)12-15-31(23,24)18-32/h8,19-21,23-24,32H,9-18H2,1-7H3/t19?,20?,21-,23?,24?,29-,30-,31-/m1/s1. The summed E-state index contributed by atoms with van der Waals surface area (Å²) in [7, 11) is 1.54. The molecule has 0 spiro atoms. The van der Waals surface area contributed by atoms with Crippen LogP contribution in [0.4, 0.5) is 0 Å². The molecule has 0 radical (unpaired) electrons. The second-order valence-corrected chi connectivity index (χ2v) is 14.8. The first-order valence-corrected chi connectivity index (χ1v) is 14.2. The summed E-state index contributed by atoms with van der Waals surface area (Å²) in [6.45, 7) is 14.2. The van der Waals surface area contributed by atoms with Gasteiger partial charge in [0.1, 0.15) is 5.78 Å². The number of carbonyl (C=O) groups excluding carboxylic acids is 2. The zero-order valence-corrected chi connectivity index (χ0v) is 23.2. The van der Waals surface area contributed by atoms with E-state index in [1.54, 1.807) is 12.7 Å². The number of esters is 1. The van der Waals surface area contributed by atoms with E-state index >= 15 is 0 Å². The van der Waals surface area contributed by atoms with Crippen molar-refractivity contribution in [1.29, 1.82) is 0 Å². The third-order valence-corrected chi connectivity index (χ3v) is 12.7. The Labute approximate surface area is 212 Å². The number of hydrogen-bond donors (Lipinski definition) is 1. The minimum absolute atomic E-state index is 0.00518. The molecule has 5 aliphatic rings. The minimum Gasteiger partial charge on any atom is -0.469 e. The molecule has 4 nitrogen and oxygen atoms in total. The number of ketones is 1. The van der Waals surface area contributed by atoms with Crippen LogP contribution in [0.1, 0.15) is 99.3 Å². The largest absolute Gasteiger partial charge is 0.469 e. The molecule has 0 aromatic rings. The third kappa shape index (κ3) is 3.26. The third-order valence-electron chi connectivity index (χ3n) is 12.7. The lowest BCUT2D eigenvalue weighted by molar-refractivity contribution is -0.199. The number of methoxy groups -OCH3 is 1. The SMILES string of the molecule is COC(=O)[C@@H]1CC(C)(C)CC2C3=CCC4[C@@]5(CO)CCC(=O)C(C)(C)C5CC[C@@]4(C)[C@]3(C)CCC21. The Balaban J connectivity index is 1.58. The second kappa shape index (κ2) is 7.92. The van der Waals surface area contributed by atoms with Crippen molar-refractivity contribution in [3.63, 3.8) is 0 Å². The smallest absolute Gasteiger partial charge is 0.308 e. The predicted molar refractivity (Wildman–Crippen MR) is 137 cm³/mol. The number of allylic oxidation sites excluding steroid dienone is 2. The first-order valence-electron chi connectivity index (χ1n) is 14.2. The molecule has 4 heteroatoms. The average molecular weight is 485 g/mol. The highest BCUT2D eigenvalue weighted by Crippen LogP contribution is 2.74. The fourth-order valence-corrected chi connectivity index (χ4v) is 10.8. The zero-order chi connectivity index (χ0) is 25.6. The van der Waals surface area contributed by atoms with E-state index in [0.717, 1.165) is 51.4 Å². The molecule has 0 saturated heterocycles. The van der Waals surface area contributed by atoms with Gasteiger partial charge in [0, 0.05) is 23.9 Å². The molecule has 8 atom stereocenters. The molecule has 5 rings (SSSR count). The van der Waals surface area contributed by atoms with Gasteiger partial charge in [-0.3, -0.25) is 9.59 Å². The van der Waals surface area contributed by atoms with Gasteiger partial charge in [0.25, 0.3) is 0 Å². The molecule has 1 N–H and O–H groups in total. The maximum Gasteiger partial charge on any atom is 0.308 e. The monoisotopic (exact) mass is 484 g/mol. The van der Waals surface area contributed by atoms with E-state index in [2.05, 4.69) is 47.6 Å². The molecule has 35 heavy (non-hydrogen) atoms. The number of fused-ring (bicyclic) bond motifs is 7. The number of carbonyl (C=O) groups is 2. The van der Waals surface area contributed by atoms with E-state index in [1.807, 2.05) is 0 Å². The molecule has 0 aromatic carbocycles. The van der Waals surface area contributed by atoms with Crippen molar-refractivity contribution in [3.05, 3.63) is 11.6 Å². The summed E-state index contributed by atoms with van der Waals surface area (Å²) in [5, 5.41) is 11.0. The summed E-state index contributed by atoms with van der Waals surface area (Å²) in [6, 6.07) is 0. The highest BCUT2D eigenvalue weighted by molar-refractivity contribution is 5.85.